The largest absolute Gasteiger partial charge is 0.502 e. The maximum absolute atomic E-state index is 11.7. The van der Waals surface area contributed by atoms with Crippen molar-refractivity contribution in [2.75, 3.05) is 26.2 Å². The Morgan fingerprint density at radius 2 is 1.60 bits per heavy atom. The lowest BCUT2D eigenvalue weighted by Crippen LogP contribution is -2.45. The molecule has 1 aromatic heterocycles. The summed E-state index contributed by atoms with van der Waals surface area (Å²) >= 11 is 0. The molecule has 5 heteroatoms. The zero-order chi connectivity index (χ0) is 18.0. The highest BCUT2D eigenvalue weighted by Gasteiger charge is 2.20. The first kappa shape index (κ1) is 17.7. The molecule has 5 nitrogen and oxygen atoms in total. The van der Waals surface area contributed by atoms with E-state index >= 15 is 0 Å². The molecule has 1 N–H and O–H groups in total. The average molecular weight is 342 g/mol. The summed E-state index contributed by atoms with van der Waals surface area (Å²) < 4.78 is 5.53. The van der Waals surface area contributed by atoms with Crippen molar-refractivity contribution in [3.8, 4) is 5.75 Å². The molecule has 134 valence electrons. The number of hydrogen-bond acceptors (Lipinski definition) is 5. The number of hydrogen-bond donors (Lipinski definition) is 1. The Kier molecular flexibility index (Phi) is 5.25. The molecule has 0 bridgehead atoms. The minimum atomic E-state index is -0.368. The number of aromatic hydroxyl groups is 1. The van der Waals surface area contributed by atoms with Crippen LogP contribution in [-0.2, 0) is 13.1 Å². The van der Waals surface area contributed by atoms with Gasteiger partial charge in [0.05, 0.1) is 6.54 Å². The van der Waals surface area contributed by atoms with Gasteiger partial charge in [-0.2, -0.15) is 0 Å². The van der Waals surface area contributed by atoms with Crippen molar-refractivity contribution in [1.82, 2.24) is 9.80 Å². The molecule has 3 rings (SSSR count). The molecule has 0 aliphatic carbocycles. The molecule has 0 saturated carbocycles. The van der Waals surface area contributed by atoms with Crippen LogP contribution in [0.25, 0.3) is 0 Å². The first-order valence-electron chi connectivity index (χ1n) is 8.76. The van der Waals surface area contributed by atoms with E-state index in [9.17, 15) is 9.90 Å². The summed E-state index contributed by atoms with van der Waals surface area (Å²) in [6.07, 6.45) is 0. The van der Waals surface area contributed by atoms with Gasteiger partial charge in [0.2, 0.25) is 11.2 Å². The topological polar surface area (TPSA) is 56.9 Å². The third kappa shape index (κ3) is 4.30. The Bertz CT molecular complexity index is 805. The minimum absolute atomic E-state index is 0.261. The quantitative estimate of drug-likeness (QED) is 0.925. The normalized spacial score (nSPS) is 16.3. The Hall–Kier alpha value is -2.11. The summed E-state index contributed by atoms with van der Waals surface area (Å²) in [7, 11) is 0. The van der Waals surface area contributed by atoms with Gasteiger partial charge in [0.1, 0.15) is 5.76 Å². The molecule has 0 amide bonds. The van der Waals surface area contributed by atoms with Crippen LogP contribution in [0.1, 0.15) is 28.2 Å². The molecule has 0 atom stereocenters. The van der Waals surface area contributed by atoms with Crippen molar-refractivity contribution in [2.24, 2.45) is 0 Å². The van der Waals surface area contributed by atoms with Gasteiger partial charge in [-0.1, -0.05) is 18.2 Å². The van der Waals surface area contributed by atoms with E-state index in [0.29, 0.717) is 18.1 Å². The summed E-state index contributed by atoms with van der Waals surface area (Å²) in [4.78, 5) is 16.3. The van der Waals surface area contributed by atoms with Gasteiger partial charge >= 0.3 is 0 Å². The predicted molar refractivity (Wildman–Crippen MR) is 97.8 cm³/mol. The van der Waals surface area contributed by atoms with E-state index in [1.807, 2.05) is 0 Å². The van der Waals surface area contributed by atoms with Gasteiger partial charge in [-0.25, -0.2) is 0 Å². The van der Waals surface area contributed by atoms with Crippen LogP contribution in [0.2, 0.25) is 0 Å². The maximum Gasteiger partial charge on any atom is 0.227 e. The standard InChI is InChI=1S/C20H26N2O3/c1-14-4-5-17(10-15(14)2)12-21-6-8-22(9-7-21)13-19-20(24)18(23)11-16(3)25-19/h4-5,10-11,24H,6-9,12-13H2,1-3H3. The first-order valence-corrected chi connectivity index (χ1v) is 8.76. The number of aryl methyl sites for hydroxylation is 3. The maximum atomic E-state index is 11.7. The number of nitrogens with zero attached hydrogens (tertiary/aromatic N) is 2. The summed E-state index contributed by atoms with van der Waals surface area (Å²) in [6.45, 7) is 11.2. The van der Waals surface area contributed by atoms with E-state index in [2.05, 4.69) is 41.8 Å². The van der Waals surface area contributed by atoms with Gasteiger partial charge in [0, 0.05) is 38.8 Å². The summed E-state index contributed by atoms with van der Waals surface area (Å²) in [5.41, 5.74) is 3.64. The van der Waals surface area contributed by atoms with Crippen LogP contribution in [0, 0.1) is 20.8 Å². The highest BCUT2D eigenvalue weighted by atomic mass is 16.4. The van der Waals surface area contributed by atoms with Crippen molar-refractivity contribution in [2.45, 2.75) is 33.9 Å². The molecule has 1 fully saturated rings. The van der Waals surface area contributed by atoms with Gasteiger partial charge in [-0.05, 0) is 37.5 Å². The van der Waals surface area contributed by atoms with Gasteiger partial charge in [0.25, 0.3) is 0 Å². The predicted octanol–water partition coefficient (Wildman–Crippen LogP) is 2.59. The lowest BCUT2D eigenvalue weighted by atomic mass is 10.1. The van der Waals surface area contributed by atoms with Gasteiger partial charge < -0.3 is 9.52 Å². The zero-order valence-corrected chi connectivity index (χ0v) is 15.2. The molecular formula is C20H26N2O3. The Balaban J connectivity index is 1.57. The second kappa shape index (κ2) is 7.42. The Morgan fingerprint density at radius 3 is 2.24 bits per heavy atom. The fourth-order valence-electron chi connectivity index (χ4n) is 3.24. The first-order chi connectivity index (χ1) is 11.9. The van der Waals surface area contributed by atoms with Gasteiger partial charge in [-0.3, -0.25) is 14.6 Å². The third-order valence-electron chi connectivity index (χ3n) is 4.93. The molecular weight excluding hydrogens is 316 g/mol. The zero-order valence-electron chi connectivity index (χ0n) is 15.2. The highest BCUT2D eigenvalue weighted by molar-refractivity contribution is 5.30. The van der Waals surface area contributed by atoms with Crippen molar-refractivity contribution >= 4 is 0 Å². The van der Waals surface area contributed by atoms with E-state index in [-0.39, 0.29) is 11.2 Å². The van der Waals surface area contributed by atoms with Crippen LogP contribution < -0.4 is 5.43 Å². The molecule has 0 unspecified atom stereocenters. The number of benzene rings is 1. The molecule has 2 aromatic rings. The fourth-order valence-corrected chi connectivity index (χ4v) is 3.24. The lowest BCUT2D eigenvalue weighted by Gasteiger charge is -2.34. The van der Waals surface area contributed by atoms with Crippen LogP contribution in [-0.4, -0.2) is 41.1 Å². The van der Waals surface area contributed by atoms with Crippen molar-refractivity contribution in [3.63, 3.8) is 0 Å². The van der Waals surface area contributed by atoms with E-state index in [0.717, 1.165) is 32.7 Å². The Labute approximate surface area is 148 Å². The second-order valence-electron chi connectivity index (χ2n) is 6.96. The summed E-state index contributed by atoms with van der Waals surface area (Å²) in [5, 5.41) is 9.90. The van der Waals surface area contributed by atoms with Gasteiger partial charge in [0.15, 0.2) is 5.76 Å². The van der Waals surface area contributed by atoms with E-state index in [1.54, 1.807) is 6.92 Å². The van der Waals surface area contributed by atoms with Crippen LogP contribution in [0.3, 0.4) is 0 Å². The number of rotatable bonds is 4. The van der Waals surface area contributed by atoms with Crippen LogP contribution >= 0.6 is 0 Å². The van der Waals surface area contributed by atoms with Crippen molar-refractivity contribution in [1.29, 1.82) is 0 Å². The minimum Gasteiger partial charge on any atom is -0.502 e. The highest BCUT2D eigenvalue weighted by Crippen LogP contribution is 2.18. The molecule has 1 aliphatic rings. The van der Waals surface area contributed by atoms with E-state index < -0.39 is 0 Å². The van der Waals surface area contributed by atoms with Crippen LogP contribution in [0.5, 0.6) is 5.75 Å². The monoisotopic (exact) mass is 342 g/mol. The van der Waals surface area contributed by atoms with E-state index in [1.165, 1.54) is 22.8 Å². The van der Waals surface area contributed by atoms with Crippen molar-refractivity contribution < 1.29 is 9.52 Å². The van der Waals surface area contributed by atoms with Crippen LogP contribution in [0.4, 0.5) is 0 Å². The molecule has 0 radical (unpaired) electrons. The smallest absolute Gasteiger partial charge is 0.227 e. The third-order valence-corrected chi connectivity index (χ3v) is 4.93. The molecule has 1 aliphatic heterocycles. The molecule has 0 spiro atoms. The summed E-state index contributed by atoms with van der Waals surface area (Å²) in [5.74, 6) is 0.641. The lowest BCUT2D eigenvalue weighted by molar-refractivity contribution is 0.113. The van der Waals surface area contributed by atoms with Crippen molar-refractivity contribution in [3.05, 3.63) is 62.7 Å². The van der Waals surface area contributed by atoms with E-state index in [4.69, 9.17) is 4.42 Å². The Morgan fingerprint density at radius 1 is 0.960 bits per heavy atom. The molecule has 2 heterocycles. The fraction of sp³-hybridized carbons (Fsp3) is 0.450. The average Bonchev–Trinajstić information content (AvgIpc) is 2.57. The van der Waals surface area contributed by atoms with Gasteiger partial charge in [-0.15, -0.1) is 0 Å². The molecule has 25 heavy (non-hydrogen) atoms. The second-order valence-corrected chi connectivity index (χ2v) is 6.96. The van der Waals surface area contributed by atoms with Crippen LogP contribution in [0.15, 0.2) is 33.5 Å². The molecule has 1 saturated heterocycles. The molecule has 1 aromatic carbocycles. The summed E-state index contributed by atoms with van der Waals surface area (Å²) in [6, 6.07) is 7.97. The number of piperazine rings is 1. The SMILES string of the molecule is Cc1cc(=O)c(O)c(CN2CCN(Cc3ccc(C)c(C)c3)CC2)o1.